The van der Waals surface area contributed by atoms with E-state index in [2.05, 4.69) is 26.3 Å². The molecule has 0 spiro atoms. The minimum absolute atomic E-state index is 0.0239. The molecule has 3 rings (SSSR count). The van der Waals surface area contributed by atoms with E-state index in [0.717, 1.165) is 12.8 Å². The van der Waals surface area contributed by atoms with E-state index in [1.165, 1.54) is 4.68 Å². The highest BCUT2D eigenvalue weighted by molar-refractivity contribution is 9.10. The van der Waals surface area contributed by atoms with Crippen LogP contribution in [0.4, 0.5) is 5.69 Å². The Bertz CT molecular complexity index is 857. The number of nitrogens with one attached hydrogen (secondary N) is 1. The zero-order valence-corrected chi connectivity index (χ0v) is 15.7. The van der Waals surface area contributed by atoms with Crippen LogP contribution < -0.4 is 11.1 Å². The molecule has 1 saturated carbocycles. The Kier molecular flexibility index (Phi) is 3.94. The van der Waals surface area contributed by atoms with Crippen LogP contribution in [-0.2, 0) is 10.2 Å². The zero-order valence-electron chi connectivity index (χ0n) is 14.1. The second kappa shape index (κ2) is 5.58. The zero-order chi connectivity index (χ0) is 17.7. The minimum atomic E-state index is -0.539. The summed E-state index contributed by atoms with van der Waals surface area (Å²) in [5, 5.41) is 7.18. The largest absolute Gasteiger partial charge is 0.442 e. The highest BCUT2D eigenvalue weighted by Crippen LogP contribution is 2.45. The molecule has 24 heavy (non-hydrogen) atoms. The summed E-state index contributed by atoms with van der Waals surface area (Å²) in [5.74, 6) is -0.142. The van der Waals surface area contributed by atoms with E-state index < -0.39 is 5.76 Å². The van der Waals surface area contributed by atoms with Gasteiger partial charge in [0, 0.05) is 21.0 Å². The van der Waals surface area contributed by atoms with Gasteiger partial charge in [0.2, 0.25) is 11.8 Å². The molecule has 128 valence electrons. The lowest BCUT2D eigenvalue weighted by Gasteiger charge is -2.12. The predicted molar refractivity (Wildman–Crippen MR) is 94.5 cm³/mol. The van der Waals surface area contributed by atoms with E-state index in [0.29, 0.717) is 21.7 Å². The summed E-state index contributed by atoms with van der Waals surface area (Å²) in [6.07, 6.45) is 1.84. The van der Waals surface area contributed by atoms with Crippen molar-refractivity contribution < 1.29 is 9.21 Å². The molecule has 0 saturated heterocycles. The Labute approximate surface area is 148 Å². The molecule has 1 amide bonds. The van der Waals surface area contributed by atoms with Crippen LogP contribution in [0.1, 0.15) is 46.4 Å². The molecular formula is C17H20BrN3O3. The minimum Gasteiger partial charge on any atom is -0.391 e. The molecular weight excluding hydrogens is 374 g/mol. The van der Waals surface area contributed by atoms with Crippen molar-refractivity contribution in [1.29, 1.82) is 0 Å². The molecule has 1 N–H and O–H groups in total. The molecule has 1 aliphatic carbocycles. The molecule has 2 aromatic rings. The lowest BCUT2D eigenvalue weighted by Crippen LogP contribution is -2.21. The molecule has 0 bridgehead atoms. The predicted octanol–water partition coefficient (Wildman–Crippen LogP) is 3.62. The molecule has 7 heteroatoms. The van der Waals surface area contributed by atoms with E-state index in [-0.39, 0.29) is 16.7 Å². The van der Waals surface area contributed by atoms with Gasteiger partial charge in [-0.3, -0.25) is 4.79 Å². The average molecular weight is 394 g/mol. The van der Waals surface area contributed by atoms with Gasteiger partial charge in [0.05, 0.1) is 5.69 Å². The van der Waals surface area contributed by atoms with Gasteiger partial charge in [-0.05, 0) is 47.0 Å². The van der Waals surface area contributed by atoms with Crippen molar-refractivity contribution in [3.05, 3.63) is 39.1 Å². The van der Waals surface area contributed by atoms with Crippen LogP contribution in [0, 0.1) is 5.41 Å². The molecule has 6 nitrogen and oxygen atoms in total. The summed E-state index contributed by atoms with van der Waals surface area (Å²) in [6.45, 7) is 7.73. The first-order valence-electron chi connectivity index (χ1n) is 7.82. The SMILES string of the molecule is CC1(C(=O)Nc2ccc(-n3nc(C(C)(C)C)oc3=O)c(Br)c2)CC1. The lowest BCUT2D eigenvalue weighted by atomic mass is 9.97. The summed E-state index contributed by atoms with van der Waals surface area (Å²) < 4.78 is 7.11. The third kappa shape index (κ3) is 3.17. The summed E-state index contributed by atoms with van der Waals surface area (Å²) in [4.78, 5) is 24.2. The van der Waals surface area contributed by atoms with E-state index in [4.69, 9.17) is 4.42 Å². The van der Waals surface area contributed by atoms with Crippen LogP contribution in [0.15, 0.2) is 31.9 Å². The molecule has 0 radical (unpaired) electrons. The highest BCUT2D eigenvalue weighted by atomic mass is 79.9. The Morgan fingerprint density at radius 2 is 2.04 bits per heavy atom. The normalized spacial score (nSPS) is 16.0. The maximum Gasteiger partial charge on any atom is 0.442 e. The van der Waals surface area contributed by atoms with Crippen LogP contribution in [0.5, 0.6) is 0 Å². The number of aromatic nitrogens is 2. The number of halogens is 1. The number of hydrogen-bond donors (Lipinski definition) is 1. The first-order chi connectivity index (χ1) is 11.1. The molecule has 1 aromatic heterocycles. The van der Waals surface area contributed by atoms with Gasteiger partial charge in [0.25, 0.3) is 0 Å². The summed E-state index contributed by atoms with van der Waals surface area (Å²) >= 11 is 3.44. The quantitative estimate of drug-likeness (QED) is 0.863. The van der Waals surface area contributed by atoms with E-state index in [1.807, 2.05) is 27.7 Å². The molecule has 0 unspecified atom stereocenters. The average Bonchev–Trinajstić information content (AvgIpc) is 3.10. The molecule has 1 aliphatic rings. The van der Waals surface area contributed by atoms with Crippen molar-refractivity contribution in [2.45, 2.75) is 46.0 Å². The topological polar surface area (TPSA) is 77.1 Å². The van der Waals surface area contributed by atoms with E-state index in [1.54, 1.807) is 18.2 Å². The summed E-state index contributed by atoms with van der Waals surface area (Å²) in [7, 11) is 0. The maximum absolute atomic E-state index is 12.1. The van der Waals surface area contributed by atoms with Gasteiger partial charge in [-0.1, -0.05) is 27.7 Å². The molecule has 1 fully saturated rings. The third-order valence-electron chi connectivity index (χ3n) is 4.17. The van der Waals surface area contributed by atoms with Gasteiger partial charge < -0.3 is 9.73 Å². The van der Waals surface area contributed by atoms with Crippen molar-refractivity contribution in [2.75, 3.05) is 5.32 Å². The Hall–Kier alpha value is -1.89. The summed E-state index contributed by atoms with van der Waals surface area (Å²) in [6, 6.07) is 5.24. The highest BCUT2D eigenvalue weighted by Gasteiger charge is 2.44. The van der Waals surface area contributed by atoms with Crippen molar-refractivity contribution in [2.24, 2.45) is 5.41 Å². The third-order valence-corrected chi connectivity index (χ3v) is 4.81. The Morgan fingerprint density at radius 1 is 1.38 bits per heavy atom. The van der Waals surface area contributed by atoms with Gasteiger partial charge in [0.15, 0.2) is 0 Å². The maximum atomic E-state index is 12.1. The van der Waals surface area contributed by atoms with Crippen LogP contribution in [0.3, 0.4) is 0 Å². The van der Waals surface area contributed by atoms with Gasteiger partial charge in [-0.25, -0.2) is 4.79 Å². The molecule has 1 heterocycles. The fraction of sp³-hybridized carbons (Fsp3) is 0.471. The van der Waals surface area contributed by atoms with Crippen molar-refractivity contribution in [3.8, 4) is 5.69 Å². The Balaban J connectivity index is 1.89. The Morgan fingerprint density at radius 3 is 2.54 bits per heavy atom. The first kappa shape index (κ1) is 17.0. The monoisotopic (exact) mass is 393 g/mol. The van der Waals surface area contributed by atoms with Gasteiger partial charge in [-0.15, -0.1) is 5.10 Å². The number of carbonyl (C=O) groups excluding carboxylic acids is 1. The summed E-state index contributed by atoms with van der Waals surface area (Å²) in [5.41, 5.74) is 0.645. The van der Waals surface area contributed by atoms with Gasteiger partial charge in [0.1, 0.15) is 0 Å². The second-order valence-electron chi connectivity index (χ2n) is 7.52. The number of anilines is 1. The number of amides is 1. The number of rotatable bonds is 3. The number of hydrogen-bond acceptors (Lipinski definition) is 4. The van der Waals surface area contributed by atoms with Crippen molar-refractivity contribution in [1.82, 2.24) is 9.78 Å². The van der Waals surface area contributed by atoms with E-state index in [9.17, 15) is 9.59 Å². The number of carbonyl (C=O) groups is 1. The smallest absolute Gasteiger partial charge is 0.391 e. The van der Waals surface area contributed by atoms with Gasteiger partial charge >= 0.3 is 5.76 Å². The number of benzene rings is 1. The van der Waals surface area contributed by atoms with Crippen LogP contribution in [0.2, 0.25) is 0 Å². The van der Waals surface area contributed by atoms with Gasteiger partial charge in [-0.2, -0.15) is 4.68 Å². The lowest BCUT2D eigenvalue weighted by molar-refractivity contribution is -0.120. The van der Waals surface area contributed by atoms with Crippen molar-refractivity contribution >= 4 is 27.5 Å². The van der Waals surface area contributed by atoms with Crippen LogP contribution in [0.25, 0.3) is 5.69 Å². The fourth-order valence-electron chi connectivity index (χ4n) is 2.19. The fourth-order valence-corrected chi connectivity index (χ4v) is 2.73. The standard InChI is InChI=1S/C17H20BrN3O3/c1-16(2,3)14-20-21(15(23)24-14)12-6-5-10(9-11(12)18)19-13(22)17(4)7-8-17/h5-6,9H,7-8H2,1-4H3,(H,19,22). The first-order valence-corrected chi connectivity index (χ1v) is 8.61. The van der Waals surface area contributed by atoms with Crippen LogP contribution >= 0.6 is 15.9 Å². The molecule has 0 aliphatic heterocycles. The van der Waals surface area contributed by atoms with Crippen molar-refractivity contribution in [3.63, 3.8) is 0 Å². The van der Waals surface area contributed by atoms with E-state index >= 15 is 0 Å². The number of nitrogens with zero attached hydrogens (tertiary/aromatic N) is 2. The second-order valence-corrected chi connectivity index (χ2v) is 8.37. The van der Waals surface area contributed by atoms with Crippen LogP contribution in [-0.4, -0.2) is 15.7 Å². The molecule has 0 atom stereocenters. The molecule has 1 aromatic carbocycles.